The van der Waals surface area contributed by atoms with Gasteiger partial charge in [0.15, 0.2) is 15.0 Å². The number of sulfone groups is 1. The van der Waals surface area contributed by atoms with Crippen LogP contribution in [0.3, 0.4) is 0 Å². The highest BCUT2D eigenvalue weighted by Crippen LogP contribution is 2.40. The van der Waals surface area contributed by atoms with Gasteiger partial charge in [-0.05, 0) is 18.4 Å². The Bertz CT molecular complexity index is 894. The summed E-state index contributed by atoms with van der Waals surface area (Å²) in [5.41, 5.74) is 0.964. The largest absolute Gasteiger partial charge is 0.496 e. The minimum Gasteiger partial charge on any atom is -0.496 e. The van der Waals surface area contributed by atoms with Crippen LogP contribution in [0.1, 0.15) is 44.1 Å². The molecule has 29 heavy (non-hydrogen) atoms. The Morgan fingerprint density at radius 1 is 1.24 bits per heavy atom. The molecule has 158 valence electrons. The number of carbonyl (C=O) groups excluding carboxylic acids is 1. The summed E-state index contributed by atoms with van der Waals surface area (Å²) in [5, 5.41) is 0.605. The molecule has 3 fully saturated rings. The van der Waals surface area contributed by atoms with Crippen LogP contribution in [0.5, 0.6) is 5.75 Å². The molecule has 2 saturated heterocycles. The van der Waals surface area contributed by atoms with Gasteiger partial charge in [-0.2, -0.15) is 4.99 Å². The number of amidine groups is 1. The van der Waals surface area contributed by atoms with Crippen molar-refractivity contribution in [2.45, 2.75) is 56.4 Å². The lowest BCUT2D eigenvalue weighted by atomic mass is 10.0. The van der Waals surface area contributed by atoms with E-state index in [1.807, 2.05) is 29.2 Å². The van der Waals surface area contributed by atoms with Crippen LogP contribution in [0.2, 0.25) is 0 Å². The van der Waals surface area contributed by atoms with Gasteiger partial charge in [-0.25, -0.2) is 8.42 Å². The Kier molecular flexibility index (Phi) is 6.20. The second-order valence-corrected chi connectivity index (χ2v) is 11.6. The highest BCUT2D eigenvalue weighted by molar-refractivity contribution is 8.15. The number of para-hydroxylation sites is 1. The number of aliphatic imine (C=N–C) groups is 1. The Morgan fingerprint density at radius 3 is 2.76 bits per heavy atom. The van der Waals surface area contributed by atoms with Gasteiger partial charge in [-0.15, -0.1) is 0 Å². The number of rotatable bonds is 6. The van der Waals surface area contributed by atoms with Crippen molar-refractivity contribution < 1.29 is 17.9 Å². The molecule has 0 N–H and O–H groups in total. The molecule has 0 aromatic heterocycles. The third-order valence-corrected chi connectivity index (χ3v) is 9.42. The lowest BCUT2D eigenvalue weighted by Gasteiger charge is -2.25. The molecule has 2 heterocycles. The van der Waals surface area contributed by atoms with Crippen LogP contribution < -0.4 is 4.74 Å². The van der Waals surface area contributed by atoms with Gasteiger partial charge in [0.05, 0.1) is 24.7 Å². The van der Waals surface area contributed by atoms with Crippen LogP contribution in [-0.4, -0.2) is 54.3 Å². The number of hydrogen-bond acceptors (Lipinski definition) is 5. The molecule has 6 nitrogen and oxygen atoms in total. The monoisotopic (exact) mass is 436 g/mol. The van der Waals surface area contributed by atoms with Crippen molar-refractivity contribution in [3.8, 4) is 5.75 Å². The van der Waals surface area contributed by atoms with E-state index in [-0.39, 0.29) is 28.7 Å². The fourth-order valence-corrected chi connectivity index (χ4v) is 8.60. The number of nitrogens with zero attached hydrogens (tertiary/aromatic N) is 2. The van der Waals surface area contributed by atoms with E-state index in [1.54, 1.807) is 7.11 Å². The van der Waals surface area contributed by atoms with Crippen molar-refractivity contribution >= 4 is 32.7 Å². The van der Waals surface area contributed by atoms with Crippen molar-refractivity contribution in [1.82, 2.24) is 4.90 Å². The molecule has 3 aliphatic rings. The Morgan fingerprint density at radius 2 is 2.00 bits per heavy atom. The van der Waals surface area contributed by atoms with Crippen LogP contribution in [-0.2, 0) is 21.2 Å². The third-order valence-electron chi connectivity index (χ3n) is 6.17. The zero-order valence-corrected chi connectivity index (χ0v) is 18.4. The summed E-state index contributed by atoms with van der Waals surface area (Å²) in [5.74, 6) is 1.60. The number of carbonyl (C=O) groups is 1. The molecule has 1 aromatic carbocycles. The number of ether oxygens (including phenoxy) is 1. The minimum absolute atomic E-state index is 0.0592. The fraction of sp³-hybridized carbons (Fsp3) is 0.619. The molecule has 1 amide bonds. The van der Waals surface area contributed by atoms with Crippen LogP contribution >= 0.6 is 11.8 Å². The second kappa shape index (κ2) is 8.68. The summed E-state index contributed by atoms with van der Waals surface area (Å²) < 4.78 is 29.8. The summed E-state index contributed by atoms with van der Waals surface area (Å²) in [6.45, 7) is 0.489. The van der Waals surface area contributed by atoms with Gasteiger partial charge in [-0.1, -0.05) is 55.6 Å². The van der Waals surface area contributed by atoms with Crippen LogP contribution in [0.15, 0.2) is 29.3 Å². The maximum absolute atomic E-state index is 12.6. The molecule has 8 heteroatoms. The molecule has 2 atom stereocenters. The number of methoxy groups -OCH3 is 1. The highest BCUT2D eigenvalue weighted by Gasteiger charge is 2.48. The second-order valence-electron chi connectivity index (χ2n) is 8.22. The Labute approximate surface area is 177 Å². The van der Waals surface area contributed by atoms with Gasteiger partial charge in [0.25, 0.3) is 0 Å². The average molecular weight is 437 g/mol. The molecule has 1 aromatic rings. The third kappa shape index (κ3) is 4.79. The fourth-order valence-electron chi connectivity index (χ4n) is 4.63. The van der Waals surface area contributed by atoms with Crippen molar-refractivity contribution in [1.29, 1.82) is 0 Å². The minimum atomic E-state index is -3.05. The van der Waals surface area contributed by atoms with Crippen molar-refractivity contribution in [2.75, 3.05) is 18.6 Å². The molecule has 0 radical (unpaired) electrons. The predicted octanol–water partition coefficient (Wildman–Crippen LogP) is 3.26. The van der Waals surface area contributed by atoms with Crippen LogP contribution in [0, 0.1) is 5.92 Å². The topological polar surface area (TPSA) is 76.0 Å². The molecule has 0 spiro atoms. The van der Waals surface area contributed by atoms with E-state index in [0.29, 0.717) is 24.1 Å². The molecule has 1 saturated carbocycles. The zero-order valence-electron chi connectivity index (χ0n) is 16.7. The molecule has 4 rings (SSSR count). The summed E-state index contributed by atoms with van der Waals surface area (Å²) in [6, 6.07) is 7.57. The van der Waals surface area contributed by atoms with E-state index in [1.165, 1.54) is 37.4 Å². The number of benzene rings is 1. The van der Waals surface area contributed by atoms with Gasteiger partial charge in [0.1, 0.15) is 5.75 Å². The van der Waals surface area contributed by atoms with Crippen LogP contribution in [0.25, 0.3) is 0 Å². The first kappa shape index (κ1) is 20.7. The summed E-state index contributed by atoms with van der Waals surface area (Å²) >= 11 is 1.45. The molecule has 2 aliphatic heterocycles. The van der Waals surface area contributed by atoms with Crippen molar-refractivity contribution in [3.05, 3.63) is 29.8 Å². The number of amides is 1. The summed E-state index contributed by atoms with van der Waals surface area (Å²) in [6.07, 6.45) is 6.38. The van der Waals surface area contributed by atoms with Gasteiger partial charge in [0, 0.05) is 23.8 Å². The maximum Gasteiger partial charge on any atom is 0.248 e. The lowest BCUT2D eigenvalue weighted by Crippen LogP contribution is -2.37. The normalized spacial score (nSPS) is 27.5. The predicted molar refractivity (Wildman–Crippen MR) is 116 cm³/mol. The van der Waals surface area contributed by atoms with E-state index >= 15 is 0 Å². The van der Waals surface area contributed by atoms with Gasteiger partial charge >= 0.3 is 0 Å². The first-order valence-corrected chi connectivity index (χ1v) is 13.0. The average Bonchev–Trinajstić information content (AvgIpc) is 3.37. The lowest BCUT2D eigenvalue weighted by molar-refractivity contribution is -0.118. The summed E-state index contributed by atoms with van der Waals surface area (Å²) in [7, 11) is -1.43. The van der Waals surface area contributed by atoms with Crippen molar-refractivity contribution in [3.63, 3.8) is 0 Å². The smallest absolute Gasteiger partial charge is 0.248 e. The number of thioether (sulfide) groups is 1. The quantitative estimate of drug-likeness (QED) is 0.681. The molecule has 0 bridgehead atoms. The standard InChI is InChI=1S/C21H28N2O4S2/c1-27-18-9-5-4-8-16(18)12-23-17-13-29(25,26)14-19(17)28-21(23)22-20(24)11-10-15-6-2-3-7-15/h4-5,8-9,15,17,19H,2-3,6-7,10-14H2,1H3/t17-,19-/m1/s1. The number of hydrogen-bond donors (Lipinski definition) is 0. The molecular formula is C21H28N2O4S2. The maximum atomic E-state index is 12.6. The van der Waals surface area contributed by atoms with Crippen molar-refractivity contribution in [2.24, 2.45) is 10.9 Å². The summed E-state index contributed by atoms with van der Waals surface area (Å²) in [4.78, 5) is 19.0. The molecule has 1 aliphatic carbocycles. The van der Waals surface area contributed by atoms with Gasteiger partial charge < -0.3 is 9.64 Å². The first-order chi connectivity index (χ1) is 13.9. The highest BCUT2D eigenvalue weighted by atomic mass is 32.2. The van der Waals surface area contributed by atoms with Gasteiger partial charge in [-0.3, -0.25) is 4.79 Å². The molecule has 0 unspecified atom stereocenters. The van der Waals surface area contributed by atoms with Gasteiger partial charge in [0.2, 0.25) is 5.91 Å². The van der Waals surface area contributed by atoms with E-state index in [2.05, 4.69) is 4.99 Å². The number of fused-ring (bicyclic) bond motifs is 1. The van der Waals surface area contributed by atoms with E-state index in [0.717, 1.165) is 17.7 Å². The van der Waals surface area contributed by atoms with E-state index in [4.69, 9.17) is 4.74 Å². The van der Waals surface area contributed by atoms with E-state index in [9.17, 15) is 13.2 Å². The zero-order chi connectivity index (χ0) is 20.4. The SMILES string of the molecule is COc1ccccc1CN1C(=NC(=O)CCC2CCCC2)S[C@@H]2CS(=O)(=O)C[C@H]21. The molecular weight excluding hydrogens is 408 g/mol. The Hall–Kier alpha value is -1.54. The van der Waals surface area contributed by atoms with E-state index < -0.39 is 9.84 Å². The van der Waals surface area contributed by atoms with Crippen LogP contribution in [0.4, 0.5) is 0 Å². The Balaban J connectivity index is 1.52. The first-order valence-electron chi connectivity index (χ1n) is 10.3.